The fourth-order valence-electron chi connectivity index (χ4n) is 4.46. The number of imidazole rings is 1. The van der Waals surface area contributed by atoms with Gasteiger partial charge in [-0.1, -0.05) is 13.3 Å². The molecule has 0 aliphatic carbocycles. The van der Waals surface area contributed by atoms with Crippen LogP contribution in [-0.2, 0) is 27.3 Å². The first-order valence-corrected chi connectivity index (χ1v) is 10.9. The average molecular weight is 406 g/mol. The number of carbonyl (C=O) groups is 2. The largest absolute Gasteiger partial charge is 0.369 e. The van der Waals surface area contributed by atoms with Gasteiger partial charge in [0.1, 0.15) is 11.4 Å². The number of unbranched alkanes of at least 4 members (excludes halogenated alkanes) is 1. The van der Waals surface area contributed by atoms with Crippen molar-refractivity contribution < 1.29 is 14.3 Å². The number of primary amides is 1. The second kappa shape index (κ2) is 9.71. The molecule has 1 atom stereocenters. The smallest absolute Gasteiger partial charge is 0.254 e. The lowest BCUT2D eigenvalue weighted by molar-refractivity contribution is -0.163. The molecule has 162 valence electrons. The third-order valence-corrected chi connectivity index (χ3v) is 6.40. The number of hydrogen-bond acceptors (Lipinski definition) is 5. The minimum Gasteiger partial charge on any atom is -0.369 e. The molecule has 2 fully saturated rings. The maximum Gasteiger partial charge on any atom is 0.254 e. The molecule has 3 N–H and O–H groups in total. The van der Waals surface area contributed by atoms with E-state index in [2.05, 4.69) is 21.8 Å². The van der Waals surface area contributed by atoms with Crippen LogP contribution in [0, 0.1) is 5.92 Å². The van der Waals surface area contributed by atoms with Crippen LogP contribution in [0.15, 0.2) is 6.20 Å². The number of H-pyrrole nitrogens is 1. The zero-order chi connectivity index (χ0) is 20.9. The summed E-state index contributed by atoms with van der Waals surface area (Å²) in [6, 6.07) is 0. The zero-order valence-electron chi connectivity index (χ0n) is 17.8. The summed E-state index contributed by atoms with van der Waals surface area (Å²) in [5.74, 6) is 0.494. The topological polar surface area (TPSA) is 105 Å². The van der Waals surface area contributed by atoms with E-state index < -0.39 is 5.60 Å². The standard InChI is InChI=1S/C21H35N5O3/c1-3-4-7-18-23-13-17(24-18)15-25-11-8-21(29-2,9-12-25)20(28)26-10-5-6-16(14-26)19(22)27/h13,16H,3-12,14-15H2,1-2H3,(H2,22,27)(H,23,24). The van der Waals surface area contributed by atoms with Crippen LogP contribution in [0.5, 0.6) is 0 Å². The third kappa shape index (κ3) is 5.17. The summed E-state index contributed by atoms with van der Waals surface area (Å²) in [6.45, 7) is 5.65. The Morgan fingerprint density at radius 1 is 1.34 bits per heavy atom. The fourth-order valence-corrected chi connectivity index (χ4v) is 4.46. The number of nitrogens with one attached hydrogen (secondary N) is 1. The summed E-state index contributed by atoms with van der Waals surface area (Å²) in [5, 5.41) is 0. The summed E-state index contributed by atoms with van der Waals surface area (Å²) in [4.78, 5) is 36.8. The lowest BCUT2D eigenvalue weighted by Gasteiger charge is -2.43. The molecule has 2 aliphatic heterocycles. The van der Waals surface area contributed by atoms with Crippen molar-refractivity contribution in [2.24, 2.45) is 11.7 Å². The van der Waals surface area contributed by atoms with E-state index in [1.807, 2.05) is 6.20 Å². The molecule has 2 amide bonds. The van der Waals surface area contributed by atoms with Gasteiger partial charge in [0.25, 0.3) is 5.91 Å². The second-order valence-corrected chi connectivity index (χ2v) is 8.43. The van der Waals surface area contributed by atoms with Crippen molar-refractivity contribution in [3.63, 3.8) is 0 Å². The number of methoxy groups -OCH3 is 1. The van der Waals surface area contributed by atoms with Crippen LogP contribution >= 0.6 is 0 Å². The van der Waals surface area contributed by atoms with Crippen LogP contribution in [0.25, 0.3) is 0 Å². The van der Waals surface area contributed by atoms with E-state index in [1.165, 1.54) is 0 Å². The number of piperidine rings is 2. The molecule has 1 aromatic heterocycles. The molecule has 3 heterocycles. The van der Waals surface area contributed by atoms with Crippen molar-refractivity contribution in [2.45, 2.75) is 64.0 Å². The van der Waals surface area contributed by atoms with Gasteiger partial charge in [0.05, 0.1) is 5.92 Å². The number of aromatic nitrogens is 2. The van der Waals surface area contributed by atoms with Crippen LogP contribution in [0.4, 0.5) is 0 Å². The van der Waals surface area contributed by atoms with Crippen LogP contribution in [0.2, 0.25) is 0 Å². The highest BCUT2D eigenvalue weighted by Crippen LogP contribution is 2.30. The zero-order valence-corrected chi connectivity index (χ0v) is 17.8. The number of nitrogens with two attached hydrogens (primary N) is 1. The third-order valence-electron chi connectivity index (χ3n) is 6.40. The Morgan fingerprint density at radius 3 is 2.76 bits per heavy atom. The Labute approximate surface area is 173 Å². The van der Waals surface area contributed by atoms with Gasteiger partial charge in [-0.3, -0.25) is 14.5 Å². The summed E-state index contributed by atoms with van der Waals surface area (Å²) >= 11 is 0. The van der Waals surface area contributed by atoms with Gasteiger partial charge in [-0.25, -0.2) is 4.98 Å². The molecule has 8 heteroatoms. The lowest BCUT2D eigenvalue weighted by atomic mass is 9.87. The lowest BCUT2D eigenvalue weighted by Crippen LogP contribution is -2.58. The van der Waals surface area contributed by atoms with E-state index in [1.54, 1.807) is 12.0 Å². The number of likely N-dealkylation sites (tertiary alicyclic amines) is 2. The minimum absolute atomic E-state index is 0.00833. The Kier molecular flexibility index (Phi) is 7.29. The van der Waals surface area contributed by atoms with E-state index in [-0.39, 0.29) is 17.7 Å². The molecule has 0 bridgehead atoms. The molecule has 3 rings (SSSR count). The molecular weight excluding hydrogens is 370 g/mol. The van der Waals surface area contributed by atoms with Crippen LogP contribution in [-0.4, -0.2) is 70.5 Å². The number of hydrogen-bond donors (Lipinski definition) is 2. The fraction of sp³-hybridized carbons (Fsp3) is 0.762. The number of nitrogens with zero attached hydrogens (tertiary/aromatic N) is 3. The Morgan fingerprint density at radius 2 is 2.10 bits per heavy atom. The van der Waals surface area contributed by atoms with Gasteiger partial charge in [-0.15, -0.1) is 0 Å². The van der Waals surface area contributed by atoms with Gasteiger partial charge >= 0.3 is 0 Å². The maximum atomic E-state index is 13.3. The van der Waals surface area contributed by atoms with Crippen molar-refractivity contribution >= 4 is 11.8 Å². The number of amides is 2. The monoisotopic (exact) mass is 405 g/mol. The van der Waals surface area contributed by atoms with Crippen LogP contribution in [0.3, 0.4) is 0 Å². The predicted octanol–water partition coefficient (Wildman–Crippen LogP) is 1.46. The van der Waals surface area contributed by atoms with Crippen molar-refractivity contribution in [3.05, 3.63) is 17.7 Å². The molecule has 8 nitrogen and oxygen atoms in total. The predicted molar refractivity (Wildman–Crippen MR) is 110 cm³/mol. The van der Waals surface area contributed by atoms with Crippen LogP contribution in [0.1, 0.15) is 57.0 Å². The minimum atomic E-state index is -0.795. The average Bonchev–Trinajstić information content (AvgIpc) is 3.19. The Balaban J connectivity index is 1.55. The van der Waals surface area contributed by atoms with E-state index in [4.69, 9.17) is 10.5 Å². The second-order valence-electron chi connectivity index (χ2n) is 8.43. The van der Waals surface area contributed by atoms with Crippen LogP contribution < -0.4 is 5.73 Å². The van der Waals surface area contributed by atoms with E-state index in [0.29, 0.717) is 25.9 Å². The molecule has 1 unspecified atom stereocenters. The normalized spacial score (nSPS) is 22.6. The van der Waals surface area contributed by atoms with E-state index in [9.17, 15) is 9.59 Å². The summed E-state index contributed by atoms with van der Waals surface area (Å²) in [7, 11) is 1.62. The molecule has 0 spiro atoms. The first-order chi connectivity index (χ1) is 14.0. The van der Waals surface area contributed by atoms with Gasteiger partial charge in [0.15, 0.2) is 0 Å². The van der Waals surface area contributed by atoms with Gasteiger partial charge in [-0.2, -0.15) is 0 Å². The highest BCUT2D eigenvalue weighted by molar-refractivity contribution is 5.86. The van der Waals surface area contributed by atoms with Crippen molar-refractivity contribution in [2.75, 3.05) is 33.3 Å². The molecular formula is C21H35N5O3. The molecule has 0 radical (unpaired) electrons. The number of aryl methyl sites for hydroxylation is 1. The quantitative estimate of drug-likeness (QED) is 0.681. The van der Waals surface area contributed by atoms with Crippen molar-refractivity contribution in [3.8, 4) is 0 Å². The molecule has 29 heavy (non-hydrogen) atoms. The molecule has 1 aromatic rings. The highest BCUT2D eigenvalue weighted by atomic mass is 16.5. The highest BCUT2D eigenvalue weighted by Gasteiger charge is 2.45. The maximum absolute atomic E-state index is 13.3. The SMILES string of the molecule is CCCCc1ncc(CN2CCC(OC)(C(=O)N3CCCC(C(N)=O)C3)CC2)[nH]1. The first-order valence-electron chi connectivity index (χ1n) is 10.9. The van der Waals surface area contributed by atoms with Crippen molar-refractivity contribution in [1.29, 1.82) is 0 Å². The van der Waals surface area contributed by atoms with Gasteiger partial charge in [-0.05, 0) is 32.1 Å². The summed E-state index contributed by atoms with van der Waals surface area (Å²) < 4.78 is 5.78. The summed E-state index contributed by atoms with van der Waals surface area (Å²) in [6.07, 6.45) is 8.08. The van der Waals surface area contributed by atoms with Gasteiger partial charge in [0, 0.05) is 58.1 Å². The Bertz CT molecular complexity index is 696. The van der Waals surface area contributed by atoms with E-state index in [0.717, 1.165) is 63.3 Å². The molecule has 2 saturated heterocycles. The number of aromatic amines is 1. The number of ether oxygens (including phenoxy) is 1. The Hall–Kier alpha value is -1.93. The molecule has 0 saturated carbocycles. The van der Waals surface area contributed by atoms with Gasteiger partial charge in [0.2, 0.25) is 5.91 Å². The molecule has 0 aromatic carbocycles. The molecule has 2 aliphatic rings. The summed E-state index contributed by atoms with van der Waals surface area (Å²) in [5.41, 5.74) is 5.79. The number of carbonyl (C=O) groups excluding carboxylic acids is 2. The number of rotatable bonds is 8. The van der Waals surface area contributed by atoms with Crippen molar-refractivity contribution in [1.82, 2.24) is 19.8 Å². The van der Waals surface area contributed by atoms with E-state index >= 15 is 0 Å². The van der Waals surface area contributed by atoms with Gasteiger partial charge < -0.3 is 20.4 Å². The first kappa shape index (κ1) is 21.8.